The van der Waals surface area contributed by atoms with Crippen LogP contribution in [0.2, 0.25) is 0 Å². The van der Waals surface area contributed by atoms with Crippen molar-refractivity contribution < 1.29 is 0 Å². The van der Waals surface area contributed by atoms with Crippen molar-refractivity contribution in [1.82, 2.24) is 19.1 Å². The molecule has 0 amide bonds. The molecule has 45 heavy (non-hydrogen) atoms. The van der Waals surface area contributed by atoms with Gasteiger partial charge in [-0.25, -0.2) is 9.97 Å². The number of hydrogen-bond acceptors (Lipinski definition) is 3. The van der Waals surface area contributed by atoms with Crippen molar-refractivity contribution in [2.45, 2.75) is 0 Å². The number of benzene rings is 6. The van der Waals surface area contributed by atoms with Gasteiger partial charge in [0.15, 0.2) is 0 Å². The van der Waals surface area contributed by atoms with Gasteiger partial charge in [0.2, 0.25) is 5.95 Å². The molecule has 0 N–H and O–H groups in total. The minimum absolute atomic E-state index is 0.681. The zero-order valence-electron chi connectivity index (χ0n) is 24.1. The summed E-state index contributed by atoms with van der Waals surface area (Å²) in [6.45, 7) is 0. The molecule has 0 saturated carbocycles. The van der Waals surface area contributed by atoms with Crippen molar-refractivity contribution in [3.63, 3.8) is 0 Å². The highest BCUT2D eigenvalue weighted by Crippen LogP contribution is 2.42. The molecule has 4 nitrogen and oxygen atoms in total. The first kappa shape index (κ1) is 24.6. The Morgan fingerprint density at radius 2 is 1.02 bits per heavy atom. The molecule has 0 radical (unpaired) electrons. The van der Waals surface area contributed by atoms with Crippen molar-refractivity contribution >= 4 is 75.3 Å². The molecule has 0 bridgehead atoms. The van der Waals surface area contributed by atoms with E-state index in [1.54, 1.807) is 11.3 Å². The molecule has 6 aromatic carbocycles. The lowest BCUT2D eigenvalue weighted by molar-refractivity contribution is 1.02. The van der Waals surface area contributed by atoms with Crippen LogP contribution in [0.4, 0.5) is 0 Å². The molecule has 0 aliphatic rings. The van der Waals surface area contributed by atoms with Gasteiger partial charge in [-0.05, 0) is 42.5 Å². The van der Waals surface area contributed by atoms with Crippen LogP contribution in [0.5, 0.6) is 0 Å². The fourth-order valence-electron chi connectivity index (χ4n) is 7.02. The minimum atomic E-state index is 0.681. The molecule has 0 unspecified atom stereocenters. The summed E-state index contributed by atoms with van der Waals surface area (Å²) in [5, 5.41) is 7.15. The molecule has 0 spiro atoms. The van der Waals surface area contributed by atoms with Crippen LogP contribution in [-0.2, 0) is 0 Å². The van der Waals surface area contributed by atoms with E-state index >= 15 is 0 Å². The van der Waals surface area contributed by atoms with Crippen molar-refractivity contribution in [2.24, 2.45) is 0 Å². The molecular weight excluding hydrogens is 569 g/mol. The summed E-state index contributed by atoms with van der Waals surface area (Å²) in [4.78, 5) is 11.7. The number of thiophene rings is 1. The lowest BCUT2D eigenvalue weighted by atomic mass is 10.1. The standard InChI is InChI=1S/C40H24N4S/c1-3-13-25(14-4-1)38-37-29-19-9-12-22-36(29)45-39(37)42-40(41-38)44-33-21-11-8-18-28(33)31-23-30-27-17-7-10-20-32(27)43(34(30)24-35(31)44)26-15-5-2-6-16-26/h1-24H. The van der Waals surface area contributed by atoms with E-state index in [9.17, 15) is 0 Å². The van der Waals surface area contributed by atoms with Crippen LogP contribution in [0.25, 0.3) is 86.8 Å². The number of rotatable bonds is 3. The number of nitrogens with zero attached hydrogens (tertiary/aromatic N) is 4. The molecule has 10 aromatic rings. The van der Waals surface area contributed by atoms with Crippen LogP contribution in [0.1, 0.15) is 0 Å². The number of para-hydroxylation sites is 3. The highest BCUT2D eigenvalue weighted by molar-refractivity contribution is 7.25. The van der Waals surface area contributed by atoms with Gasteiger partial charge in [0.05, 0.1) is 27.8 Å². The number of fused-ring (bicyclic) bond motifs is 9. The lowest BCUT2D eigenvalue weighted by Crippen LogP contribution is -2.03. The van der Waals surface area contributed by atoms with Gasteiger partial charge in [-0.3, -0.25) is 4.57 Å². The maximum absolute atomic E-state index is 5.39. The SMILES string of the molecule is c1ccc(-c2nc(-n3c4ccccc4c4cc5c6ccccc6n(-c6ccccc6)c5cc43)nc3sc4ccccc4c23)cc1. The fraction of sp³-hybridized carbons (Fsp3) is 0. The van der Waals surface area contributed by atoms with Gasteiger partial charge in [-0.1, -0.05) is 103 Å². The average molecular weight is 593 g/mol. The van der Waals surface area contributed by atoms with E-state index in [1.165, 1.54) is 37.1 Å². The minimum Gasteiger partial charge on any atom is -0.309 e. The summed E-state index contributed by atoms with van der Waals surface area (Å²) < 4.78 is 5.85. The Bertz CT molecular complexity index is 2750. The van der Waals surface area contributed by atoms with Crippen LogP contribution in [0.15, 0.2) is 146 Å². The van der Waals surface area contributed by atoms with Crippen molar-refractivity contribution in [2.75, 3.05) is 0 Å². The Morgan fingerprint density at radius 3 is 1.76 bits per heavy atom. The summed E-state index contributed by atoms with van der Waals surface area (Å²) >= 11 is 1.73. The Balaban J connectivity index is 1.36. The fourth-order valence-corrected chi connectivity index (χ4v) is 8.09. The molecule has 0 aliphatic heterocycles. The van der Waals surface area contributed by atoms with E-state index in [-0.39, 0.29) is 0 Å². The van der Waals surface area contributed by atoms with Crippen molar-refractivity contribution in [3.8, 4) is 22.9 Å². The summed E-state index contributed by atoms with van der Waals surface area (Å²) in [5.74, 6) is 0.681. The monoisotopic (exact) mass is 592 g/mol. The maximum atomic E-state index is 5.39. The Kier molecular flexibility index (Phi) is 5.12. The van der Waals surface area contributed by atoms with Crippen LogP contribution < -0.4 is 0 Å². The normalized spacial score (nSPS) is 12.0. The zero-order valence-corrected chi connectivity index (χ0v) is 24.9. The Morgan fingerprint density at radius 1 is 0.444 bits per heavy atom. The zero-order chi connectivity index (χ0) is 29.5. The third kappa shape index (κ3) is 3.53. The van der Waals surface area contributed by atoms with E-state index in [1.807, 2.05) is 0 Å². The summed E-state index contributed by atoms with van der Waals surface area (Å²) in [7, 11) is 0. The smallest absolute Gasteiger partial charge is 0.236 e. The van der Waals surface area contributed by atoms with Crippen LogP contribution in [0.3, 0.4) is 0 Å². The number of aromatic nitrogens is 4. The average Bonchev–Trinajstić information content (AvgIpc) is 3.75. The lowest BCUT2D eigenvalue weighted by Gasteiger charge is -2.11. The van der Waals surface area contributed by atoms with Crippen molar-refractivity contribution in [3.05, 3.63) is 146 Å². The van der Waals surface area contributed by atoms with Gasteiger partial charge in [0.1, 0.15) is 4.83 Å². The molecular formula is C40H24N4S. The number of hydrogen-bond donors (Lipinski definition) is 0. The van der Waals surface area contributed by atoms with E-state index in [2.05, 4.69) is 155 Å². The predicted octanol–water partition coefficient (Wildman–Crippen LogP) is 10.7. The molecule has 4 aromatic heterocycles. The van der Waals surface area contributed by atoms with Gasteiger partial charge in [-0.15, -0.1) is 11.3 Å². The second kappa shape index (κ2) is 9.36. The second-order valence-electron chi connectivity index (χ2n) is 11.4. The van der Waals surface area contributed by atoms with Gasteiger partial charge in [0, 0.05) is 48.3 Å². The molecule has 4 heterocycles. The summed E-state index contributed by atoms with van der Waals surface area (Å²) in [6.07, 6.45) is 0. The Labute approximate surface area is 262 Å². The largest absolute Gasteiger partial charge is 0.309 e. The predicted molar refractivity (Wildman–Crippen MR) is 189 cm³/mol. The van der Waals surface area contributed by atoms with E-state index in [4.69, 9.17) is 9.97 Å². The van der Waals surface area contributed by atoms with Gasteiger partial charge >= 0.3 is 0 Å². The van der Waals surface area contributed by atoms with Crippen molar-refractivity contribution in [1.29, 1.82) is 0 Å². The van der Waals surface area contributed by atoms with E-state index in [0.717, 1.165) is 43.7 Å². The molecule has 210 valence electrons. The summed E-state index contributed by atoms with van der Waals surface area (Å²) in [5.41, 5.74) is 7.71. The van der Waals surface area contributed by atoms with Crippen LogP contribution in [0, 0.1) is 0 Å². The van der Waals surface area contributed by atoms with Gasteiger partial charge in [-0.2, -0.15) is 0 Å². The molecule has 0 atom stereocenters. The molecule has 10 rings (SSSR count). The molecule has 0 fully saturated rings. The Hall–Kier alpha value is -5.78. The van der Waals surface area contributed by atoms with Gasteiger partial charge < -0.3 is 4.57 Å². The molecule has 0 saturated heterocycles. The third-order valence-corrected chi connectivity index (χ3v) is 10.0. The van der Waals surface area contributed by atoms with Crippen LogP contribution in [-0.4, -0.2) is 19.1 Å². The first-order chi connectivity index (χ1) is 22.3. The molecule has 0 aliphatic carbocycles. The van der Waals surface area contributed by atoms with Crippen LogP contribution >= 0.6 is 11.3 Å². The third-order valence-electron chi connectivity index (χ3n) is 8.95. The van der Waals surface area contributed by atoms with Gasteiger partial charge in [0.25, 0.3) is 0 Å². The van der Waals surface area contributed by atoms with E-state index in [0.29, 0.717) is 5.95 Å². The maximum Gasteiger partial charge on any atom is 0.236 e. The summed E-state index contributed by atoms with van der Waals surface area (Å²) in [6, 6.07) is 51.7. The molecule has 5 heteroatoms. The topological polar surface area (TPSA) is 35.6 Å². The van der Waals surface area contributed by atoms with E-state index < -0.39 is 0 Å². The first-order valence-corrected chi connectivity index (χ1v) is 15.9. The second-order valence-corrected chi connectivity index (χ2v) is 12.5. The first-order valence-electron chi connectivity index (χ1n) is 15.1. The highest BCUT2D eigenvalue weighted by Gasteiger charge is 2.22. The highest BCUT2D eigenvalue weighted by atomic mass is 32.1. The quantitative estimate of drug-likeness (QED) is 0.205.